The zero-order valence-electron chi connectivity index (χ0n) is 18.1. The van der Waals surface area contributed by atoms with Gasteiger partial charge in [-0.15, -0.1) is 0 Å². The van der Waals surface area contributed by atoms with E-state index in [-0.39, 0.29) is 12.1 Å². The fourth-order valence-corrected chi connectivity index (χ4v) is 3.47. The van der Waals surface area contributed by atoms with Crippen molar-refractivity contribution in [2.75, 3.05) is 5.01 Å². The van der Waals surface area contributed by atoms with Crippen LogP contribution >= 0.6 is 0 Å². The number of aromatic nitrogens is 5. The molecule has 0 bridgehead atoms. The van der Waals surface area contributed by atoms with E-state index in [0.717, 1.165) is 28.8 Å². The van der Waals surface area contributed by atoms with E-state index in [9.17, 15) is 5.11 Å². The normalized spacial score (nSPS) is 13.8. The quantitative estimate of drug-likeness (QED) is 0.564. The number of fused-ring (bicyclic) bond motifs is 1. The van der Waals surface area contributed by atoms with Gasteiger partial charge in [0.1, 0.15) is 5.52 Å². The van der Waals surface area contributed by atoms with Gasteiger partial charge in [0.25, 0.3) is 0 Å². The fourth-order valence-electron chi connectivity index (χ4n) is 3.47. The van der Waals surface area contributed by atoms with E-state index >= 15 is 0 Å². The molecule has 0 aliphatic heterocycles. The van der Waals surface area contributed by atoms with Crippen LogP contribution in [0.25, 0.3) is 11.2 Å². The molecular formula is C21H31N7O. The molecule has 0 saturated carbocycles. The molecule has 2 N–H and O–H groups in total. The molecule has 0 aliphatic carbocycles. The van der Waals surface area contributed by atoms with Crippen LogP contribution in [0.15, 0.2) is 24.8 Å². The molecule has 0 spiro atoms. The molecule has 0 fully saturated rings. The summed E-state index contributed by atoms with van der Waals surface area (Å²) in [6.07, 6.45) is 5.59. The third-order valence-corrected chi connectivity index (χ3v) is 5.18. The first-order valence-corrected chi connectivity index (χ1v) is 10.1. The zero-order valence-corrected chi connectivity index (χ0v) is 18.1. The molecule has 0 radical (unpaired) electrons. The van der Waals surface area contributed by atoms with Crippen LogP contribution in [0.2, 0.25) is 0 Å². The summed E-state index contributed by atoms with van der Waals surface area (Å²) in [5.74, 6) is 0.519. The van der Waals surface area contributed by atoms with Crippen molar-refractivity contribution >= 4 is 17.1 Å². The van der Waals surface area contributed by atoms with E-state index in [1.54, 1.807) is 19.4 Å². The standard InChI is InChI=1S/C21H31N7O/c1-7-19(16(6)29)28(25-10-17-9-22-15(5)8-14(17)4)21-23-11-18-20(26-21)27(12-24-18)13(2)3/h8-9,11-13,16,19,25,29H,7,10H2,1-6H3/t16-,19+/m1/s1. The van der Waals surface area contributed by atoms with E-state index in [1.807, 2.05) is 29.6 Å². The summed E-state index contributed by atoms with van der Waals surface area (Å²) in [5, 5.41) is 12.3. The Labute approximate surface area is 172 Å². The fraction of sp³-hybridized carbons (Fsp3) is 0.524. The summed E-state index contributed by atoms with van der Waals surface area (Å²) in [4.78, 5) is 18.1. The van der Waals surface area contributed by atoms with Crippen molar-refractivity contribution in [3.63, 3.8) is 0 Å². The second kappa shape index (κ2) is 8.84. The highest BCUT2D eigenvalue weighted by Gasteiger charge is 2.25. The lowest BCUT2D eigenvalue weighted by molar-refractivity contribution is 0.149. The van der Waals surface area contributed by atoms with Crippen LogP contribution in [-0.4, -0.2) is 41.8 Å². The Bertz CT molecular complexity index is 967. The molecule has 29 heavy (non-hydrogen) atoms. The van der Waals surface area contributed by atoms with Gasteiger partial charge in [0, 0.05) is 24.5 Å². The highest BCUT2D eigenvalue weighted by atomic mass is 16.3. The summed E-state index contributed by atoms with van der Waals surface area (Å²) >= 11 is 0. The first-order valence-electron chi connectivity index (χ1n) is 10.1. The topological polar surface area (TPSA) is 92.0 Å². The summed E-state index contributed by atoms with van der Waals surface area (Å²) < 4.78 is 2.02. The number of aryl methyl sites for hydroxylation is 2. The van der Waals surface area contributed by atoms with E-state index in [2.05, 4.69) is 47.2 Å². The van der Waals surface area contributed by atoms with Gasteiger partial charge in [0.05, 0.1) is 24.7 Å². The number of pyridine rings is 1. The van der Waals surface area contributed by atoms with Gasteiger partial charge in [-0.2, -0.15) is 4.98 Å². The van der Waals surface area contributed by atoms with E-state index < -0.39 is 6.10 Å². The number of hydrogen-bond acceptors (Lipinski definition) is 7. The number of hydrogen-bond donors (Lipinski definition) is 2. The number of hydrazine groups is 1. The van der Waals surface area contributed by atoms with Gasteiger partial charge < -0.3 is 9.67 Å². The maximum absolute atomic E-state index is 10.4. The number of rotatable bonds is 8. The highest BCUT2D eigenvalue weighted by molar-refractivity contribution is 5.71. The molecule has 0 aliphatic rings. The van der Waals surface area contributed by atoms with Crippen molar-refractivity contribution < 1.29 is 5.11 Å². The molecule has 8 heteroatoms. The molecule has 3 aromatic heterocycles. The van der Waals surface area contributed by atoms with Gasteiger partial charge in [-0.05, 0) is 58.2 Å². The average Bonchev–Trinajstić information content (AvgIpc) is 3.09. The molecule has 0 amide bonds. The van der Waals surface area contributed by atoms with Gasteiger partial charge >= 0.3 is 0 Å². The molecular weight excluding hydrogens is 366 g/mol. The van der Waals surface area contributed by atoms with Crippen LogP contribution in [0.1, 0.15) is 57.0 Å². The Morgan fingerprint density at radius 2 is 1.90 bits per heavy atom. The molecule has 3 rings (SSSR count). The van der Waals surface area contributed by atoms with Crippen LogP contribution in [0.4, 0.5) is 5.95 Å². The van der Waals surface area contributed by atoms with E-state index in [0.29, 0.717) is 12.5 Å². The van der Waals surface area contributed by atoms with Crippen molar-refractivity contribution in [3.8, 4) is 0 Å². The minimum atomic E-state index is -0.556. The number of aliphatic hydroxyl groups is 1. The second-order valence-electron chi connectivity index (χ2n) is 7.80. The SMILES string of the molecule is CC[C@@H]([C@@H](C)O)N(NCc1cnc(C)cc1C)c1ncc2ncn(C(C)C)c2n1. The van der Waals surface area contributed by atoms with Crippen LogP contribution < -0.4 is 10.4 Å². The molecule has 0 saturated heterocycles. The second-order valence-corrected chi connectivity index (χ2v) is 7.80. The zero-order chi connectivity index (χ0) is 21.1. The average molecular weight is 398 g/mol. The minimum Gasteiger partial charge on any atom is -0.391 e. The Hall–Kier alpha value is -2.58. The van der Waals surface area contributed by atoms with Crippen LogP contribution in [0.3, 0.4) is 0 Å². The smallest absolute Gasteiger partial charge is 0.242 e. The molecule has 0 aromatic carbocycles. The van der Waals surface area contributed by atoms with Crippen molar-refractivity contribution in [2.45, 2.75) is 72.7 Å². The highest BCUT2D eigenvalue weighted by Crippen LogP contribution is 2.20. The Morgan fingerprint density at radius 1 is 1.14 bits per heavy atom. The predicted molar refractivity (Wildman–Crippen MR) is 114 cm³/mol. The van der Waals surface area contributed by atoms with E-state index in [4.69, 9.17) is 4.98 Å². The lowest BCUT2D eigenvalue weighted by atomic mass is 10.1. The first kappa shape index (κ1) is 21.1. The number of nitrogens with one attached hydrogen (secondary N) is 1. The summed E-state index contributed by atoms with van der Waals surface area (Å²) in [7, 11) is 0. The maximum atomic E-state index is 10.4. The number of anilines is 1. The Kier molecular flexibility index (Phi) is 6.44. The number of imidazole rings is 1. The lowest BCUT2D eigenvalue weighted by Crippen LogP contribution is -2.51. The summed E-state index contributed by atoms with van der Waals surface area (Å²) in [6.45, 7) is 12.6. The molecule has 8 nitrogen and oxygen atoms in total. The summed E-state index contributed by atoms with van der Waals surface area (Å²) in [6, 6.07) is 2.13. The third kappa shape index (κ3) is 4.54. The van der Waals surface area contributed by atoms with Crippen LogP contribution in [0, 0.1) is 13.8 Å². The third-order valence-electron chi connectivity index (χ3n) is 5.18. The van der Waals surface area contributed by atoms with Crippen molar-refractivity contribution in [3.05, 3.63) is 41.6 Å². The molecule has 0 unspecified atom stereocenters. The van der Waals surface area contributed by atoms with Gasteiger partial charge in [-0.25, -0.2) is 15.4 Å². The van der Waals surface area contributed by atoms with Crippen molar-refractivity contribution in [2.24, 2.45) is 0 Å². The van der Waals surface area contributed by atoms with Crippen molar-refractivity contribution in [1.82, 2.24) is 29.9 Å². The Morgan fingerprint density at radius 3 is 2.52 bits per heavy atom. The monoisotopic (exact) mass is 397 g/mol. The number of nitrogens with zero attached hydrogens (tertiary/aromatic N) is 6. The van der Waals surface area contributed by atoms with Crippen LogP contribution in [-0.2, 0) is 6.54 Å². The molecule has 3 heterocycles. The number of aliphatic hydroxyl groups excluding tert-OH is 1. The van der Waals surface area contributed by atoms with Crippen LogP contribution in [0.5, 0.6) is 0 Å². The van der Waals surface area contributed by atoms with Gasteiger partial charge in [0.2, 0.25) is 5.95 Å². The molecule has 3 aromatic rings. The van der Waals surface area contributed by atoms with Gasteiger partial charge in [-0.3, -0.25) is 9.99 Å². The lowest BCUT2D eigenvalue weighted by Gasteiger charge is -2.33. The van der Waals surface area contributed by atoms with Crippen molar-refractivity contribution in [1.29, 1.82) is 0 Å². The van der Waals surface area contributed by atoms with E-state index in [1.165, 1.54) is 5.56 Å². The van der Waals surface area contributed by atoms with Gasteiger partial charge in [-0.1, -0.05) is 6.92 Å². The molecule has 156 valence electrons. The molecule has 2 atom stereocenters. The minimum absolute atomic E-state index is 0.179. The summed E-state index contributed by atoms with van der Waals surface area (Å²) in [5.41, 5.74) is 8.22. The van der Waals surface area contributed by atoms with Gasteiger partial charge in [0.15, 0.2) is 5.65 Å². The predicted octanol–water partition coefficient (Wildman–Crippen LogP) is 3.09. The largest absolute Gasteiger partial charge is 0.391 e. The maximum Gasteiger partial charge on any atom is 0.242 e. The first-order chi connectivity index (χ1) is 13.8. The Balaban J connectivity index is 1.96.